The summed E-state index contributed by atoms with van der Waals surface area (Å²) in [6.45, 7) is 0.887. The first-order chi connectivity index (χ1) is 10.7. The van der Waals surface area contributed by atoms with E-state index in [-0.39, 0.29) is 12.4 Å². The van der Waals surface area contributed by atoms with Crippen LogP contribution in [0.2, 0.25) is 0 Å². The molecular formula is C17H19FN2O2. The van der Waals surface area contributed by atoms with Crippen molar-refractivity contribution in [3.63, 3.8) is 0 Å². The Morgan fingerprint density at radius 2 is 2.18 bits per heavy atom. The van der Waals surface area contributed by atoms with E-state index in [1.54, 1.807) is 30.5 Å². The Labute approximate surface area is 129 Å². The van der Waals surface area contributed by atoms with E-state index in [9.17, 15) is 4.39 Å². The Morgan fingerprint density at radius 1 is 1.32 bits per heavy atom. The first-order valence-corrected chi connectivity index (χ1v) is 7.02. The lowest BCUT2D eigenvalue weighted by Crippen LogP contribution is -2.24. The third-order valence-corrected chi connectivity index (χ3v) is 3.10. The van der Waals surface area contributed by atoms with Crippen LogP contribution in [0.15, 0.2) is 48.7 Å². The number of hydrogen-bond donors (Lipinski definition) is 1. The third kappa shape index (κ3) is 4.56. The van der Waals surface area contributed by atoms with Gasteiger partial charge in [0.1, 0.15) is 12.4 Å². The lowest BCUT2D eigenvalue weighted by atomic mass is 10.2. The second-order valence-corrected chi connectivity index (χ2v) is 4.73. The molecule has 1 aromatic carbocycles. The normalized spacial score (nSPS) is 10.9. The van der Waals surface area contributed by atoms with Gasteiger partial charge in [-0.1, -0.05) is 24.3 Å². The van der Waals surface area contributed by atoms with Gasteiger partial charge >= 0.3 is 0 Å². The highest BCUT2D eigenvalue weighted by Crippen LogP contribution is 2.19. The van der Waals surface area contributed by atoms with Gasteiger partial charge in [-0.15, -0.1) is 0 Å². The SMILES string of the molecule is CN(CCOc1ccc(/C=C/CO)cc1F)c1ccccn1. The van der Waals surface area contributed by atoms with Gasteiger partial charge in [0, 0.05) is 13.2 Å². The van der Waals surface area contributed by atoms with Crippen molar-refractivity contribution in [2.75, 3.05) is 31.7 Å². The molecule has 1 aromatic heterocycles. The van der Waals surface area contributed by atoms with Crippen molar-refractivity contribution in [3.8, 4) is 5.75 Å². The van der Waals surface area contributed by atoms with Crippen LogP contribution < -0.4 is 9.64 Å². The van der Waals surface area contributed by atoms with Crippen LogP contribution in [0, 0.1) is 5.82 Å². The lowest BCUT2D eigenvalue weighted by molar-refractivity contribution is 0.309. The summed E-state index contributed by atoms with van der Waals surface area (Å²) in [5.41, 5.74) is 0.685. The van der Waals surface area contributed by atoms with Crippen LogP contribution in [0.25, 0.3) is 6.08 Å². The van der Waals surface area contributed by atoms with E-state index in [0.717, 1.165) is 5.82 Å². The number of aromatic nitrogens is 1. The fourth-order valence-electron chi connectivity index (χ4n) is 1.91. The van der Waals surface area contributed by atoms with Crippen molar-refractivity contribution in [1.82, 2.24) is 4.98 Å². The minimum absolute atomic E-state index is 0.0697. The summed E-state index contributed by atoms with van der Waals surface area (Å²) in [7, 11) is 1.91. The Bertz CT molecular complexity index is 617. The van der Waals surface area contributed by atoms with E-state index in [1.165, 1.54) is 6.07 Å². The number of hydrogen-bond acceptors (Lipinski definition) is 4. The topological polar surface area (TPSA) is 45.6 Å². The van der Waals surface area contributed by atoms with Gasteiger partial charge in [-0.25, -0.2) is 9.37 Å². The van der Waals surface area contributed by atoms with Crippen molar-refractivity contribution in [2.24, 2.45) is 0 Å². The van der Waals surface area contributed by atoms with E-state index in [4.69, 9.17) is 9.84 Å². The van der Waals surface area contributed by atoms with Crippen LogP contribution in [0.5, 0.6) is 5.75 Å². The number of pyridine rings is 1. The maximum absolute atomic E-state index is 13.9. The van der Waals surface area contributed by atoms with E-state index < -0.39 is 5.82 Å². The number of aliphatic hydroxyl groups is 1. The van der Waals surface area contributed by atoms with Gasteiger partial charge in [-0.2, -0.15) is 0 Å². The van der Waals surface area contributed by atoms with Crippen molar-refractivity contribution in [2.45, 2.75) is 0 Å². The van der Waals surface area contributed by atoms with Crippen LogP contribution in [0.4, 0.5) is 10.2 Å². The molecule has 2 aromatic rings. The highest BCUT2D eigenvalue weighted by Gasteiger charge is 2.05. The predicted molar refractivity (Wildman–Crippen MR) is 85.5 cm³/mol. The molecule has 116 valence electrons. The molecule has 0 saturated heterocycles. The minimum atomic E-state index is -0.416. The van der Waals surface area contributed by atoms with E-state index in [2.05, 4.69) is 4.98 Å². The largest absolute Gasteiger partial charge is 0.489 e. The molecule has 2 rings (SSSR count). The molecule has 4 nitrogen and oxygen atoms in total. The molecule has 0 atom stereocenters. The number of benzene rings is 1. The molecule has 0 spiro atoms. The Morgan fingerprint density at radius 3 is 2.86 bits per heavy atom. The van der Waals surface area contributed by atoms with Crippen LogP contribution >= 0.6 is 0 Å². The number of aliphatic hydroxyl groups excluding tert-OH is 1. The van der Waals surface area contributed by atoms with Gasteiger partial charge < -0.3 is 14.7 Å². The molecule has 1 N–H and O–H groups in total. The fourth-order valence-corrected chi connectivity index (χ4v) is 1.91. The monoisotopic (exact) mass is 302 g/mol. The highest BCUT2D eigenvalue weighted by molar-refractivity contribution is 5.51. The zero-order valence-electron chi connectivity index (χ0n) is 12.4. The minimum Gasteiger partial charge on any atom is -0.489 e. The fraction of sp³-hybridized carbons (Fsp3) is 0.235. The van der Waals surface area contributed by atoms with E-state index in [1.807, 2.05) is 30.1 Å². The van der Waals surface area contributed by atoms with Gasteiger partial charge in [0.15, 0.2) is 11.6 Å². The quantitative estimate of drug-likeness (QED) is 0.854. The molecule has 0 unspecified atom stereocenters. The average Bonchev–Trinajstić information content (AvgIpc) is 2.55. The maximum Gasteiger partial charge on any atom is 0.165 e. The standard InChI is InChI=1S/C17H19FN2O2/c1-20(17-6-2-3-9-19-17)10-12-22-16-8-7-14(5-4-11-21)13-15(16)18/h2-9,13,21H,10-12H2,1H3/b5-4+. The molecule has 0 bridgehead atoms. The van der Waals surface area contributed by atoms with E-state index in [0.29, 0.717) is 18.7 Å². The van der Waals surface area contributed by atoms with Gasteiger partial charge in [0.2, 0.25) is 0 Å². The van der Waals surface area contributed by atoms with Gasteiger partial charge in [0.25, 0.3) is 0 Å². The van der Waals surface area contributed by atoms with Crippen molar-refractivity contribution < 1.29 is 14.2 Å². The molecule has 0 amide bonds. The summed E-state index contributed by atoms with van der Waals surface area (Å²) in [6, 6.07) is 10.4. The predicted octanol–water partition coefficient (Wildman–Crippen LogP) is 2.74. The zero-order chi connectivity index (χ0) is 15.8. The number of anilines is 1. The summed E-state index contributed by atoms with van der Waals surface area (Å²) in [6.07, 6.45) is 4.93. The summed E-state index contributed by atoms with van der Waals surface area (Å²) < 4.78 is 19.3. The van der Waals surface area contributed by atoms with Crippen LogP contribution in [-0.2, 0) is 0 Å². The Kier molecular flexibility index (Phi) is 5.91. The number of nitrogens with zero attached hydrogens (tertiary/aromatic N) is 2. The number of ether oxygens (including phenoxy) is 1. The molecule has 22 heavy (non-hydrogen) atoms. The summed E-state index contributed by atoms with van der Waals surface area (Å²) in [4.78, 5) is 6.17. The molecule has 0 radical (unpaired) electrons. The summed E-state index contributed by atoms with van der Waals surface area (Å²) in [5, 5.41) is 8.70. The molecule has 0 aliphatic heterocycles. The first kappa shape index (κ1) is 16.0. The molecule has 0 fully saturated rings. The van der Waals surface area contributed by atoms with Crippen LogP contribution in [-0.4, -0.2) is 36.9 Å². The zero-order valence-corrected chi connectivity index (χ0v) is 12.4. The Hall–Kier alpha value is -2.40. The van der Waals surface area contributed by atoms with Crippen molar-refractivity contribution in [1.29, 1.82) is 0 Å². The van der Waals surface area contributed by atoms with Crippen molar-refractivity contribution >= 4 is 11.9 Å². The molecule has 0 aliphatic rings. The number of halogens is 1. The summed E-state index contributed by atoms with van der Waals surface area (Å²) >= 11 is 0. The first-order valence-electron chi connectivity index (χ1n) is 7.02. The molecule has 0 saturated carbocycles. The molecule has 1 heterocycles. The highest BCUT2D eigenvalue weighted by atomic mass is 19.1. The van der Waals surface area contributed by atoms with Gasteiger partial charge in [0.05, 0.1) is 13.2 Å². The Balaban J connectivity index is 1.88. The number of likely N-dealkylation sites (N-methyl/N-ethyl adjacent to an activating group) is 1. The average molecular weight is 302 g/mol. The lowest BCUT2D eigenvalue weighted by Gasteiger charge is -2.18. The molecule has 0 aliphatic carbocycles. The molecular weight excluding hydrogens is 283 g/mol. The molecule has 5 heteroatoms. The summed E-state index contributed by atoms with van der Waals surface area (Å²) in [5.74, 6) is 0.646. The maximum atomic E-state index is 13.9. The van der Waals surface area contributed by atoms with Crippen molar-refractivity contribution in [3.05, 3.63) is 60.1 Å². The smallest absolute Gasteiger partial charge is 0.165 e. The van der Waals surface area contributed by atoms with Crippen LogP contribution in [0.3, 0.4) is 0 Å². The number of rotatable bonds is 7. The van der Waals surface area contributed by atoms with Crippen LogP contribution in [0.1, 0.15) is 5.56 Å². The van der Waals surface area contributed by atoms with Gasteiger partial charge in [-0.05, 0) is 29.8 Å². The van der Waals surface area contributed by atoms with Gasteiger partial charge in [-0.3, -0.25) is 0 Å². The second-order valence-electron chi connectivity index (χ2n) is 4.73. The van der Waals surface area contributed by atoms with E-state index >= 15 is 0 Å². The second kappa shape index (κ2) is 8.14. The third-order valence-electron chi connectivity index (χ3n) is 3.10.